The molecule has 1 fully saturated rings. The average molecular weight is 307 g/mol. The summed E-state index contributed by atoms with van der Waals surface area (Å²) in [5, 5.41) is 5.03. The molecule has 4 amide bonds. The van der Waals surface area contributed by atoms with E-state index in [2.05, 4.69) is 10.6 Å². The summed E-state index contributed by atoms with van der Waals surface area (Å²) in [4.78, 5) is 37.2. The lowest BCUT2D eigenvalue weighted by molar-refractivity contribution is -0.115. The van der Waals surface area contributed by atoms with E-state index in [0.717, 1.165) is 11.0 Å². The Hall–Kier alpha value is -3.41. The van der Waals surface area contributed by atoms with Gasteiger partial charge >= 0.3 is 6.03 Å². The number of benzene rings is 2. The van der Waals surface area contributed by atoms with Gasteiger partial charge in [-0.3, -0.25) is 9.59 Å². The highest BCUT2D eigenvalue weighted by atomic mass is 16.2. The minimum Gasteiger partial charge on any atom is -0.322 e. The van der Waals surface area contributed by atoms with Crippen molar-refractivity contribution in [2.45, 2.75) is 0 Å². The Morgan fingerprint density at radius 2 is 1.57 bits per heavy atom. The van der Waals surface area contributed by atoms with Crippen molar-refractivity contribution in [3.8, 4) is 0 Å². The van der Waals surface area contributed by atoms with Crippen LogP contribution >= 0.6 is 0 Å². The second kappa shape index (κ2) is 6.15. The molecular weight excluding hydrogens is 294 g/mol. The van der Waals surface area contributed by atoms with Gasteiger partial charge in [0.2, 0.25) is 0 Å². The molecule has 3 rings (SSSR count). The molecule has 0 bridgehead atoms. The minimum absolute atomic E-state index is 0.0627. The lowest BCUT2D eigenvalue weighted by Crippen LogP contribution is -2.30. The lowest BCUT2D eigenvalue weighted by atomic mass is 10.3. The number of para-hydroxylation sites is 2. The second-order valence-electron chi connectivity index (χ2n) is 4.82. The zero-order chi connectivity index (χ0) is 16.2. The molecule has 1 saturated heterocycles. The van der Waals surface area contributed by atoms with E-state index >= 15 is 0 Å². The van der Waals surface area contributed by atoms with E-state index in [-0.39, 0.29) is 5.70 Å². The van der Waals surface area contributed by atoms with Gasteiger partial charge in [0.15, 0.2) is 0 Å². The van der Waals surface area contributed by atoms with Gasteiger partial charge in [-0.15, -0.1) is 0 Å². The van der Waals surface area contributed by atoms with Crippen LogP contribution in [-0.4, -0.2) is 17.8 Å². The van der Waals surface area contributed by atoms with Gasteiger partial charge in [0.25, 0.3) is 11.8 Å². The van der Waals surface area contributed by atoms with Crippen LogP contribution in [0.1, 0.15) is 0 Å². The molecular formula is C17H13N3O3. The van der Waals surface area contributed by atoms with E-state index in [1.165, 1.54) is 0 Å². The summed E-state index contributed by atoms with van der Waals surface area (Å²) < 4.78 is 0. The Kier molecular flexibility index (Phi) is 3.88. The monoisotopic (exact) mass is 307 g/mol. The molecule has 1 aliphatic rings. The van der Waals surface area contributed by atoms with Gasteiger partial charge in [-0.25, -0.2) is 9.69 Å². The van der Waals surface area contributed by atoms with Gasteiger partial charge in [-0.2, -0.15) is 0 Å². The fourth-order valence-electron chi connectivity index (χ4n) is 2.18. The number of nitrogens with one attached hydrogen (secondary N) is 2. The van der Waals surface area contributed by atoms with Crippen LogP contribution in [0.2, 0.25) is 0 Å². The SMILES string of the molecule is O=C(C=C1NC(=O)N(c2ccccc2)C1=O)Nc1ccccc1. The number of hydrogen-bond donors (Lipinski definition) is 2. The molecule has 0 spiro atoms. The molecule has 0 saturated carbocycles. The Balaban J connectivity index is 1.78. The third-order valence-corrected chi connectivity index (χ3v) is 3.21. The predicted molar refractivity (Wildman–Crippen MR) is 85.6 cm³/mol. The number of rotatable bonds is 3. The Morgan fingerprint density at radius 1 is 0.957 bits per heavy atom. The number of carbonyl (C=O) groups excluding carboxylic acids is 3. The van der Waals surface area contributed by atoms with Gasteiger partial charge in [-0.05, 0) is 24.3 Å². The number of nitrogens with zero attached hydrogens (tertiary/aromatic N) is 1. The Labute approximate surface area is 132 Å². The van der Waals surface area contributed by atoms with Crippen LogP contribution < -0.4 is 15.5 Å². The van der Waals surface area contributed by atoms with E-state index < -0.39 is 17.8 Å². The van der Waals surface area contributed by atoms with Crippen molar-refractivity contribution >= 4 is 29.2 Å². The largest absolute Gasteiger partial charge is 0.333 e. The predicted octanol–water partition coefficient (Wildman–Crippen LogP) is 2.27. The van der Waals surface area contributed by atoms with Crippen LogP contribution in [0.25, 0.3) is 0 Å². The molecule has 0 radical (unpaired) electrons. The van der Waals surface area contributed by atoms with Gasteiger partial charge < -0.3 is 10.6 Å². The smallest absolute Gasteiger partial charge is 0.322 e. The third kappa shape index (κ3) is 3.11. The zero-order valence-corrected chi connectivity index (χ0v) is 12.0. The molecule has 0 atom stereocenters. The molecule has 23 heavy (non-hydrogen) atoms. The van der Waals surface area contributed by atoms with Crippen LogP contribution in [0.5, 0.6) is 0 Å². The summed E-state index contributed by atoms with van der Waals surface area (Å²) in [6, 6.07) is 16.8. The molecule has 114 valence electrons. The van der Waals surface area contributed by atoms with Crippen molar-refractivity contribution in [2.75, 3.05) is 10.2 Å². The summed E-state index contributed by atoms with van der Waals surface area (Å²) in [7, 11) is 0. The Morgan fingerprint density at radius 3 is 2.22 bits per heavy atom. The van der Waals surface area contributed by atoms with Crippen LogP contribution in [0.15, 0.2) is 72.4 Å². The van der Waals surface area contributed by atoms with E-state index in [4.69, 9.17) is 0 Å². The van der Waals surface area contributed by atoms with Crippen molar-refractivity contribution in [3.05, 3.63) is 72.4 Å². The summed E-state index contributed by atoms with van der Waals surface area (Å²) in [6.45, 7) is 0. The van der Waals surface area contributed by atoms with Crippen LogP contribution in [0.3, 0.4) is 0 Å². The van der Waals surface area contributed by atoms with E-state index in [9.17, 15) is 14.4 Å². The molecule has 1 heterocycles. The summed E-state index contributed by atoms with van der Waals surface area (Å²) in [6.07, 6.45) is 1.08. The number of carbonyl (C=O) groups is 3. The van der Waals surface area contributed by atoms with Gasteiger partial charge in [-0.1, -0.05) is 36.4 Å². The quantitative estimate of drug-likeness (QED) is 0.674. The standard InChI is InChI=1S/C17H13N3O3/c21-15(18-12-7-3-1-4-8-12)11-14-16(22)20(17(23)19-14)13-9-5-2-6-10-13/h1-11H,(H,18,21)(H,19,23). The van der Waals surface area contributed by atoms with Crippen molar-refractivity contribution < 1.29 is 14.4 Å². The molecule has 2 N–H and O–H groups in total. The minimum atomic E-state index is -0.583. The molecule has 6 heteroatoms. The first kappa shape index (κ1) is 14.5. The number of imide groups is 1. The molecule has 0 aromatic heterocycles. The highest BCUT2D eigenvalue weighted by Gasteiger charge is 2.35. The van der Waals surface area contributed by atoms with Crippen LogP contribution in [-0.2, 0) is 9.59 Å². The molecule has 0 unspecified atom stereocenters. The normalized spacial score (nSPS) is 15.7. The van der Waals surface area contributed by atoms with Crippen molar-refractivity contribution in [2.24, 2.45) is 0 Å². The van der Waals surface area contributed by atoms with E-state index in [1.54, 1.807) is 54.6 Å². The highest BCUT2D eigenvalue weighted by Crippen LogP contribution is 2.20. The van der Waals surface area contributed by atoms with Crippen molar-refractivity contribution in [1.82, 2.24) is 5.32 Å². The second-order valence-corrected chi connectivity index (χ2v) is 4.82. The highest BCUT2D eigenvalue weighted by molar-refractivity contribution is 6.28. The maximum absolute atomic E-state index is 12.3. The first-order valence-corrected chi connectivity index (χ1v) is 6.93. The topological polar surface area (TPSA) is 78.5 Å². The zero-order valence-electron chi connectivity index (χ0n) is 12.0. The molecule has 2 aromatic carbocycles. The fourth-order valence-corrected chi connectivity index (χ4v) is 2.18. The number of hydrogen-bond acceptors (Lipinski definition) is 3. The maximum Gasteiger partial charge on any atom is 0.333 e. The molecule has 1 aliphatic heterocycles. The first-order valence-electron chi connectivity index (χ1n) is 6.93. The van der Waals surface area contributed by atoms with Crippen molar-refractivity contribution in [1.29, 1.82) is 0 Å². The summed E-state index contributed by atoms with van der Waals surface area (Å²) in [5.41, 5.74) is 0.986. The maximum atomic E-state index is 12.3. The summed E-state index contributed by atoms with van der Waals surface area (Å²) in [5.74, 6) is -1.06. The fraction of sp³-hybridized carbons (Fsp3) is 0. The Bertz CT molecular complexity index is 785. The molecule has 6 nitrogen and oxygen atoms in total. The lowest BCUT2D eigenvalue weighted by Gasteiger charge is -2.10. The van der Waals surface area contributed by atoms with E-state index in [0.29, 0.717) is 11.4 Å². The van der Waals surface area contributed by atoms with Gasteiger partial charge in [0.1, 0.15) is 5.70 Å². The first-order chi connectivity index (χ1) is 11.1. The van der Waals surface area contributed by atoms with E-state index in [1.807, 2.05) is 6.07 Å². The van der Waals surface area contributed by atoms with Crippen molar-refractivity contribution in [3.63, 3.8) is 0 Å². The number of amides is 4. The van der Waals surface area contributed by atoms with Crippen LogP contribution in [0, 0.1) is 0 Å². The van der Waals surface area contributed by atoms with Gasteiger partial charge in [0.05, 0.1) is 5.69 Å². The average Bonchev–Trinajstić information content (AvgIpc) is 2.83. The molecule has 0 aliphatic carbocycles. The van der Waals surface area contributed by atoms with Gasteiger partial charge in [0, 0.05) is 11.8 Å². The third-order valence-electron chi connectivity index (χ3n) is 3.21. The number of urea groups is 1. The number of anilines is 2. The summed E-state index contributed by atoms with van der Waals surface area (Å²) >= 11 is 0. The molecule has 2 aromatic rings. The van der Waals surface area contributed by atoms with Crippen LogP contribution in [0.4, 0.5) is 16.2 Å².